The van der Waals surface area contributed by atoms with E-state index in [9.17, 15) is 9.18 Å². The van der Waals surface area contributed by atoms with Crippen LogP contribution < -0.4 is 10.6 Å². The molecule has 1 aliphatic rings. The third kappa shape index (κ3) is 2.32. The average Bonchev–Trinajstić information content (AvgIpc) is 2.04. The van der Waals surface area contributed by atoms with Crippen molar-refractivity contribution in [2.75, 3.05) is 20.1 Å². The summed E-state index contributed by atoms with van der Waals surface area (Å²) in [6, 6.07) is 0. The number of rotatable bonds is 1. The van der Waals surface area contributed by atoms with Gasteiger partial charge >= 0.3 is 0 Å². The molecule has 0 saturated carbocycles. The van der Waals surface area contributed by atoms with Crippen LogP contribution in [-0.2, 0) is 4.79 Å². The first-order valence-electron chi connectivity index (χ1n) is 3.81. The Labute approximate surface area is 77.5 Å². The molecule has 0 aromatic carbocycles. The number of alkyl halides is 1. The van der Waals surface area contributed by atoms with Gasteiger partial charge < -0.3 is 10.6 Å². The summed E-state index contributed by atoms with van der Waals surface area (Å²) in [6.07, 6.45) is 1.06. The lowest BCUT2D eigenvalue weighted by molar-refractivity contribution is -0.133. The van der Waals surface area contributed by atoms with E-state index in [-0.39, 0.29) is 19.0 Å². The fourth-order valence-electron chi connectivity index (χ4n) is 1.29. The minimum atomic E-state index is -1.67. The Kier molecular flexibility index (Phi) is 4.49. The first kappa shape index (κ1) is 11.6. The maximum atomic E-state index is 13.5. The van der Waals surface area contributed by atoms with Gasteiger partial charge in [-0.05, 0) is 19.4 Å². The highest BCUT2D eigenvalue weighted by atomic mass is 35.5. The molecule has 1 heterocycles. The summed E-state index contributed by atoms with van der Waals surface area (Å²) in [5, 5.41) is 5.18. The van der Waals surface area contributed by atoms with E-state index < -0.39 is 11.6 Å². The molecule has 12 heavy (non-hydrogen) atoms. The van der Waals surface area contributed by atoms with Crippen LogP contribution >= 0.6 is 12.4 Å². The zero-order valence-electron chi connectivity index (χ0n) is 7.02. The summed E-state index contributed by atoms with van der Waals surface area (Å²) in [6.45, 7) is 0.954. The Morgan fingerprint density at radius 3 is 2.75 bits per heavy atom. The van der Waals surface area contributed by atoms with Crippen molar-refractivity contribution in [2.45, 2.75) is 18.5 Å². The highest BCUT2D eigenvalue weighted by Crippen LogP contribution is 2.20. The van der Waals surface area contributed by atoms with Gasteiger partial charge in [0.05, 0.1) is 0 Å². The number of hydrogen-bond donors (Lipinski definition) is 2. The lowest BCUT2D eigenvalue weighted by Crippen LogP contribution is -2.52. The zero-order valence-corrected chi connectivity index (χ0v) is 7.84. The SMILES string of the molecule is CNC(=O)C1(F)CCCNC1.Cl. The molecule has 1 unspecified atom stereocenters. The van der Waals surface area contributed by atoms with Crippen LogP contribution in [0.1, 0.15) is 12.8 Å². The maximum Gasteiger partial charge on any atom is 0.258 e. The predicted molar refractivity (Wildman–Crippen MR) is 47.3 cm³/mol. The Balaban J connectivity index is 0.00000121. The molecule has 1 fully saturated rings. The monoisotopic (exact) mass is 196 g/mol. The fraction of sp³-hybridized carbons (Fsp3) is 0.857. The number of halogens is 2. The van der Waals surface area contributed by atoms with Gasteiger partial charge in [-0.2, -0.15) is 0 Å². The summed E-state index contributed by atoms with van der Waals surface area (Å²) in [4.78, 5) is 11.0. The maximum absolute atomic E-state index is 13.5. The van der Waals surface area contributed by atoms with Gasteiger partial charge in [0.25, 0.3) is 5.91 Å². The van der Waals surface area contributed by atoms with Crippen molar-refractivity contribution in [1.29, 1.82) is 0 Å². The second-order valence-corrected chi connectivity index (χ2v) is 2.82. The van der Waals surface area contributed by atoms with Gasteiger partial charge in [-0.1, -0.05) is 0 Å². The van der Waals surface area contributed by atoms with Crippen LogP contribution in [0.4, 0.5) is 4.39 Å². The molecular weight excluding hydrogens is 183 g/mol. The second kappa shape index (κ2) is 4.62. The Bertz CT molecular complexity index is 159. The molecule has 0 bridgehead atoms. The van der Waals surface area contributed by atoms with E-state index in [4.69, 9.17) is 0 Å². The van der Waals surface area contributed by atoms with Crippen molar-refractivity contribution in [2.24, 2.45) is 0 Å². The third-order valence-corrected chi connectivity index (χ3v) is 1.97. The van der Waals surface area contributed by atoms with Gasteiger partial charge in [0, 0.05) is 13.6 Å². The highest BCUT2D eigenvalue weighted by Gasteiger charge is 2.38. The van der Waals surface area contributed by atoms with Crippen molar-refractivity contribution in [3.05, 3.63) is 0 Å². The van der Waals surface area contributed by atoms with Crippen molar-refractivity contribution in [3.63, 3.8) is 0 Å². The van der Waals surface area contributed by atoms with Gasteiger partial charge in [-0.25, -0.2) is 4.39 Å². The molecule has 0 spiro atoms. The molecule has 0 aliphatic carbocycles. The van der Waals surface area contributed by atoms with Crippen molar-refractivity contribution >= 4 is 18.3 Å². The molecule has 0 radical (unpaired) electrons. The number of nitrogens with one attached hydrogen (secondary N) is 2. The van der Waals surface area contributed by atoms with E-state index in [2.05, 4.69) is 10.6 Å². The minimum absolute atomic E-state index is 0. The summed E-state index contributed by atoms with van der Waals surface area (Å²) < 4.78 is 13.5. The summed E-state index contributed by atoms with van der Waals surface area (Å²) >= 11 is 0. The molecule has 1 atom stereocenters. The summed E-state index contributed by atoms with van der Waals surface area (Å²) in [5.41, 5.74) is -1.67. The van der Waals surface area contributed by atoms with Crippen LogP contribution in [0.15, 0.2) is 0 Å². The number of carbonyl (C=O) groups is 1. The number of hydrogen-bond acceptors (Lipinski definition) is 2. The van der Waals surface area contributed by atoms with Gasteiger partial charge in [0.1, 0.15) is 0 Å². The van der Waals surface area contributed by atoms with Crippen LogP contribution in [0.2, 0.25) is 0 Å². The van der Waals surface area contributed by atoms with Gasteiger partial charge in [0.15, 0.2) is 0 Å². The van der Waals surface area contributed by atoms with Crippen LogP contribution in [0.5, 0.6) is 0 Å². The quantitative estimate of drug-likeness (QED) is 0.631. The molecule has 0 aromatic heterocycles. The molecule has 1 aliphatic heterocycles. The Morgan fingerprint density at radius 2 is 2.33 bits per heavy atom. The second-order valence-electron chi connectivity index (χ2n) is 2.82. The molecule has 5 heteroatoms. The summed E-state index contributed by atoms with van der Waals surface area (Å²) in [7, 11) is 1.46. The van der Waals surface area contributed by atoms with E-state index in [1.807, 2.05) is 0 Å². The molecule has 2 N–H and O–H groups in total. The molecule has 0 aromatic rings. The van der Waals surface area contributed by atoms with E-state index in [1.54, 1.807) is 0 Å². The highest BCUT2D eigenvalue weighted by molar-refractivity contribution is 5.85. The van der Waals surface area contributed by atoms with Crippen LogP contribution in [0.25, 0.3) is 0 Å². The van der Waals surface area contributed by atoms with Gasteiger partial charge in [-0.15, -0.1) is 12.4 Å². The van der Waals surface area contributed by atoms with E-state index in [1.165, 1.54) is 7.05 Å². The van der Waals surface area contributed by atoms with Crippen molar-refractivity contribution in [1.82, 2.24) is 10.6 Å². The lowest BCUT2D eigenvalue weighted by atomic mass is 9.95. The minimum Gasteiger partial charge on any atom is -0.356 e. The van der Waals surface area contributed by atoms with Crippen LogP contribution in [0.3, 0.4) is 0 Å². The molecular formula is C7H14ClFN2O. The van der Waals surface area contributed by atoms with E-state index in [0.717, 1.165) is 13.0 Å². The third-order valence-electron chi connectivity index (χ3n) is 1.97. The summed E-state index contributed by atoms with van der Waals surface area (Å²) in [5.74, 6) is -0.510. The van der Waals surface area contributed by atoms with E-state index in [0.29, 0.717) is 6.42 Å². The number of carbonyl (C=O) groups excluding carboxylic acids is 1. The number of amides is 1. The fourth-order valence-corrected chi connectivity index (χ4v) is 1.29. The van der Waals surface area contributed by atoms with Crippen molar-refractivity contribution in [3.8, 4) is 0 Å². The Morgan fingerprint density at radius 1 is 1.67 bits per heavy atom. The van der Waals surface area contributed by atoms with Crippen LogP contribution in [0, 0.1) is 0 Å². The first-order chi connectivity index (χ1) is 5.19. The standard InChI is InChI=1S/C7H13FN2O.ClH/c1-9-6(11)7(8)3-2-4-10-5-7;/h10H,2-5H2,1H3,(H,9,11);1H. The average molecular weight is 197 g/mol. The molecule has 1 rings (SSSR count). The van der Waals surface area contributed by atoms with Gasteiger partial charge in [0.2, 0.25) is 5.67 Å². The lowest BCUT2D eigenvalue weighted by Gasteiger charge is -2.27. The Hall–Kier alpha value is -0.350. The van der Waals surface area contributed by atoms with Gasteiger partial charge in [-0.3, -0.25) is 4.79 Å². The number of piperidine rings is 1. The largest absolute Gasteiger partial charge is 0.356 e. The molecule has 1 saturated heterocycles. The molecule has 3 nitrogen and oxygen atoms in total. The van der Waals surface area contributed by atoms with Crippen LogP contribution in [-0.4, -0.2) is 31.7 Å². The normalized spacial score (nSPS) is 28.8. The smallest absolute Gasteiger partial charge is 0.258 e. The molecule has 72 valence electrons. The predicted octanol–water partition coefficient (Wildman–Crippen LogP) is 0.246. The first-order valence-corrected chi connectivity index (χ1v) is 3.81. The van der Waals surface area contributed by atoms with Crippen molar-refractivity contribution < 1.29 is 9.18 Å². The zero-order chi connectivity index (χ0) is 8.32. The topological polar surface area (TPSA) is 41.1 Å². The molecule has 1 amide bonds. The van der Waals surface area contributed by atoms with E-state index >= 15 is 0 Å².